The van der Waals surface area contributed by atoms with Crippen molar-refractivity contribution in [2.75, 3.05) is 5.32 Å². The summed E-state index contributed by atoms with van der Waals surface area (Å²) in [6.45, 7) is 9.08. The average Bonchev–Trinajstić information content (AvgIpc) is 2.27. The Bertz CT molecular complexity index is 374. The topological polar surface area (TPSA) is 12.0 Å². The Balaban J connectivity index is 2.00. The predicted octanol–water partition coefficient (Wildman–Crippen LogP) is 4.93. The molecule has 100 valence electrons. The standard InChI is InChI=1S/C17H27N/c1-12(2)15-6-5-7-16(11-15)18-17-9-13(3)8-14(4)10-17/h8-10,12,15-16,18H,5-7,11H2,1-4H3. The molecule has 1 aliphatic carbocycles. The normalized spacial score (nSPS) is 24.3. The summed E-state index contributed by atoms with van der Waals surface area (Å²) in [5, 5.41) is 3.75. The number of anilines is 1. The maximum atomic E-state index is 3.75. The van der Waals surface area contributed by atoms with Crippen LogP contribution < -0.4 is 5.32 Å². The van der Waals surface area contributed by atoms with Gasteiger partial charge < -0.3 is 5.32 Å². The predicted molar refractivity (Wildman–Crippen MR) is 80.1 cm³/mol. The van der Waals surface area contributed by atoms with Crippen molar-refractivity contribution in [1.82, 2.24) is 0 Å². The van der Waals surface area contributed by atoms with Gasteiger partial charge in [-0.15, -0.1) is 0 Å². The highest BCUT2D eigenvalue weighted by Gasteiger charge is 2.23. The SMILES string of the molecule is Cc1cc(C)cc(NC2CCCC(C(C)C)C2)c1. The molecule has 2 unspecified atom stereocenters. The van der Waals surface area contributed by atoms with Crippen molar-refractivity contribution in [3.63, 3.8) is 0 Å². The highest BCUT2D eigenvalue weighted by molar-refractivity contribution is 5.49. The number of hydrogen-bond donors (Lipinski definition) is 1. The molecule has 2 rings (SSSR count). The maximum absolute atomic E-state index is 3.75. The Morgan fingerprint density at radius 3 is 2.33 bits per heavy atom. The van der Waals surface area contributed by atoms with Gasteiger partial charge in [0, 0.05) is 11.7 Å². The van der Waals surface area contributed by atoms with Crippen LogP contribution in [0.3, 0.4) is 0 Å². The summed E-state index contributed by atoms with van der Waals surface area (Å²) in [7, 11) is 0. The van der Waals surface area contributed by atoms with E-state index < -0.39 is 0 Å². The van der Waals surface area contributed by atoms with Crippen LogP contribution in [-0.2, 0) is 0 Å². The summed E-state index contributed by atoms with van der Waals surface area (Å²) in [4.78, 5) is 0. The molecular formula is C17H27N. The molecule has 1 aliphatic rings. The molecule has 0 heterocycles. The number of rotatable bonds is 3. The molecule has 1 N–H and O–H groups in total. The molecule has 0 bridgehead atoms. The molecule has 0 saturated heterocycles. The summed E-state index contributed by atoms with van der Waals surface area (Å²) < 4.78 is 0. The minimum Gasteiger partial charge on any atom is -0.382 e. The van der Waals surface area contributed by atoms with Crippen LogP contribution in [0.2, 0.25) is 0 Å². The Morgan fingerprint density at radius 2 is 1.72 bits per heavy atom. The van der Waals surface area contributed by atoms with E-state index in [1.165, 1.54) is 42.5 Å². The first-order valence-corrected chi connectivity index (χ1v) is 7.39. The van der Waals surface area contributed by atoms with E-state index in [9.17, 15) is 0 Å². The number of benzene rings is 1. The second kappa shape index (κ2) is 5.77. The molecule has 1 heteroatoms. The second-order valence-electron chi connectivity index (χ2n) is 6.39. The summed E-state index contributed by atoms with van der Waals surface area (Å²) in [5.74, 6) is 1.73. The lowest BCUT2D eigenvalue weighted by atomic mass is 9.79. The molecule has 1 saturated carbocycles. The average molecular weight is 245 g/mol. The molecule has 2 atom stereocenters. The quantitative estimate of drug-likeness (QED) is 0.796. The molecule has 0 spiro atoms. The lowest BCUT2D eigenvalue weighted by Gasteiger charge is -2.32. The fourth-order valence-electron chi connectivity index (χ4n) is 3.26. The van der Waals surface area contributed by atoms with Crippen molar-refractivity contribution in [3.8, 4) is 0 Å². The van der Waals surface area contributed by atoms with Crippen molar-refractivity contribution in [2.24, 2.45) is 11.8 Å². The van der Waals surface area contributed by atoms with Crippen molar-refractivity contribution >= 4 is 5.69 Å². The van der Waals surface area contributed by atoms with Crippen LogP contribution in [0.1, 0.15) is 50.7 Å². The monoisotopic (exact) mass is 245 g/mol. The highest BCUT2D eigenvalue weighted by atomic mass is 14.9. The Kier molecular flexibility index (Phi) is 4.31. The van der Waals surface area contributed by atoms with E-state index in [4.69, 9.17) is 0 Å². The van der Waals surface area contributed by atoms with E-state index in [0.29, 0.717) is 6.04 Å². The third-order valence-electron chi connectivity index (χ3n) is 4.25. The summed E-state index contributed by atoms with van der Waals surface area (Å²) >= 11 is 0. The largest absolute Gasteiger partial charge is 0.382 e. The molecule has 0 aliphatic heterocycles. The van der Waals surface area contributed by atoms with Crippen LogP contribution in [-0.4, -0.2) is 6.04 Å². The minimum atomic E-state index is 0.673. The zero-order chi connectivity index (χ0) is 13.1. The van der Waals surface area contributed by atoms with Gasteiger partial charge in [0.05, 0.1) is 0 Å². The lowest BCUT2D eigenvalue weighted by Crippen LogP contribution is -2.29. The fourth-order valence-corrected chi connectivity index (χ4v) is 3.26. The van der Waals surface area contributed by atoms with E-state index in [2.05, 4.69) is 51.2 Å². The first kappa shape index (κ1) is 13.5. The second-order valence-corrected chi connectivity index (χ2v) is 6.39. The van der Waals surface area contributed by atoms with Crippen LogP contribution in [0.5, 0.6) is 0 Å². The zero-order valence-corrected chi connectivity index (χ0v) is 12.3. The van der Waals surface area contributed by atoms with Gasteiger partial charge in [0.25, 0.3) is 0 Å². The van der Waals surface area contributed by atoms with Crippen LogP contribution in [0.15, 0.2) is 18.2 Å². The van der Waals surface area contributed by atoms with Gasteiger partial charge in [-0.05, 0) is 61.8 Å². The number of hydrogen-bond acceptors (Lipinski definition) is 1. The van der Waals surface area contributed by atoms with Crippen LogP contribution in [0.4, 0.5) is 5.69 Å². The molecule has 1 aromatic carbocycles. The third-order valence-corrected chi connectivity index (χ3v) is 4.25. The maximum Gasteiger partial charge on any atom is 0.0347 e. The number of aryl methyl sites for hydroxylation is 2. The highest BCUT2D eigenvalue weighted by Crippen LogP contribution is 2.31. The van der Waals surface area contributed by atoms with Gasteiger partial charge in [0.15, 0.2) is 0 Å². The van der Waals surface area contributed by atoms with Crippen molar-refractivity contribution in [1.29, 1.82) is 0 Å². The van der Waals surface area contributed by atoms with Crippen LogP contribution in [0, 0.1) is 25.7 Å². The summed E-state index contributed by atoms with van der Waals surface area (Å²) in [5.41, 5.74) is 4.02. The Hall–Kier alpha value is -0.980. The minimum absolute atomic E-state index is 0.673. The molecule has 1 nitrogen and oxygen atoms in total. The van der Waals surface area contributed by atoms with Gasteiger partial charge in [-0.3, -0.25) is 0 Å². The fraction of sp³-hybridized carbons (Fsp3) is 0.647. The van der Waals surface area contributed by atoms with E-state index in [-0.39, 0.29) is 0 Å². The summed E-state index contributed by atoms with van der Waals surface area (Å²) in [6.07, 6.45) is 5.47. The van der Waals surface area contributed by atoms with Crippen molar-refractivity contribution < 1.29 is 0 Å². The van der Waals surface area contributed by atoms with Gasteiger partial charge >= 0.3 is 0 Å². The number of nitrogens with one attached hydrogen (secondary N) is 1. The van der Waals surface area contributed by atoms with Gasteiger partial charge in [-0.25, -0.2) is 0 Å². The Morgan fingerprint density at radius 1 is 1.06 bits per heavy atom. The molecular weight excluding hydrogens is 218 g/mol. The van der Waals surface area contributed by atoms with E-state index in [0.717, 1.165) is 11.8 Å². The van der Waals surface area contributed by atoms with Gasteiger partial charge in [-0.1, -0.05) is 32.8 Å². The van der Waals surface area contributed by atoms with Crippen molar-refractivity contribution in [3.05, 3.63) is 29.3 Å². The molecule has 1 aromatic rings. The smallest absolute Gasteiger partial charge is 0.0347 e. The molecule has 0 radical (unpaired) electrons. The molecule has 0 aromatic heterocycles. The van der Waals surface area contributed by atoms with Gasteiger partial charge in [0.1, 0.15) is 0 Å². The van der Waals surface area contributed by atoms with Crippen LogP contribution >= 0.6 is 0 Å². The molecule has 0 amide bonds. The first-order chi connectivity index (χ1) is 8.54. The third kappa shape index (κ3) is 3.51. The van der Waals surface area contributed by atoms with Gasteiger partial charge in [0.2, 0.25) is 0 Å². The van der Waals surface area contributed by atoms with Crippen LogP contribution in [0.25, 0.3) is 0 Å². The molecule has 18 heavy (non-hydrogen) atoms. The van der Waals surface area contributed by atoms with E-state index in [1.54, 1.807) is 0 Å². The first-order valence-electron chi connectivity index (χ1n) is 7.39. The van der Waals surface area contributed by atoms with Gasteiger partial charge in [-0.2, -0.15) is 0 Å². The summed E-state index contributed by atoms with van der Waals surface area (Å²) in [6, 6.07) is 7.45. The molecule has 1 fully saturated rings. The van der Waals surface area contributed by atoms with E-state index in [1.807, 2.05) is 0 Å². The van der Waals surface area contributed by atoms with Crippen molar-refractivity contribution in [2.45, 2.75) is 59.4 Å². The lowest BCUT2D eigenvalue weighted by molar-refractivity contribution is 0.264. The Labute approximate surface area is 112 Å². The van der Waals surface area contributed by atoms with E-state index >= 15 is 0 Å². The zero-order valence-electron chi connectivity index (χ0n) is 12.3.